The molecule has 3 rings (SSSR count). The SMILES string of the molecule is Cc1noc(C)c1C(C)NCCc1ccc2c(c1)CCO2. The molecular formula is C17H22N2O2. The van der Waals surface area contributed by atoms with Crippen molar-refractivity contribution in [3.8, 4) is 5.75 Å². The molecule has 112 valence electrons. The minimum atomic E-state index is 0.258. The van der Waals surface area contributed by atoms with Crippen molar-refractivity contribution in [3.63, 3.8) is 0 Å². The smallest absolute Gasteiger partial charge is 0.138 e. The fourth-order valence-corrected chi connectivity index (χ4v) is 3.04. The van der Waals surface area contributed by atoms with E-state index in [1.165, 1.54) is 16.7 Å². The monoisotopic (exact) mass is 286 g/mol. The van der Waals surface area contributed by atoms with E-state index in [1.807, 2.05) is 13.8 Å². The summed E-state index contributed by atoms with van der Waals surface area (Å²) in [6, 6.07) is 6.78. The third kappa shape index (κ3) is 2.95. The molecule has 21 heavy (non-hydrogen) atoms. The van der Waals surface area contributed by atoms with Gasteiger partial charge in [0.1, 0.15) is 11.5 Å². The maximum absolute atomic E-state index is 5.54. The molecule has 0 amide bonds. The minimum Gasteiger partial charge on any atom is -0.493 e. The van der Waals surface area contributed by atoms with Crippen molar-refractivity contribution in [1.29, 1.82) is 0 Å². The number of hydrogen-bond donors (Lipinski definition) is 1. The summed E-state index contributed by atoms with van der Waals surface area (Å²) in [4.78, 5) is 0. The summed E-state index contributed by atoms with van der Waals surface area (Å²) in [6.45, 7) is 7.87. The Bertz CT molecular complexity index is 614. The fraction of sp³-hybridized carbons (Fsp3) is 0.471. The Morgan fingerprint density at radius 3 is 2.95 bits per heavy atom. The van der Waals surface area contributed by atoms with Crippen LogP contribution in [0, 0.1) is 13.8 Å². The van der Waals surface area contributed by atoms with Crippen molar-refractivity contribution in [1.82, 2.24) is 10.5 Å². The third-order valence-electron chi connectivity index (χ3n) is 4.14. The van der Waals surface area contributed by atoms with Crippen LogP contribution in [0.3, 0.4) is 0 Å². The molecule has 1 aromatic carbocycles. The Balaban J connectivity index is 1.56. The lowest BCUT2D eigenvalue weighted by molar-refractivity contribution is 0.357. The number of benzene rings is 1. The Hall–Kier alpha value is -1.81. The molecule has 1 aliphatic rings. The number of ether oxygens (including phenoxy) is 1. The van der Waals surface area contributed by atoms with Crippen LogP contribution in [0.1, 0.15) is 41.1 Å². The molecule has 0 saturated heterocycles. The number of nitrogens with zero attached hydrogens (tertiary/aromatic N) is 1. The van der Waals surface area contributed by atoms with Gasteiger partial charge in [-0.2, -0.15) is 0 Å². The second-order valence-electron chi connectivity index (χ2n) is 5.70. The van der Waals surface area contributed by atoms with E-state index in [-0.39, 0.29) is 6.04 Å². The van der Waals surface area contributed by atoms with E-state index < -0.39 is 0 Å². The third-order valence-corrected chi connectivity index (χ3v) is 4.14. The van der Waals surface area contributed by atoms with Gasteiger partial charge in [-0.15, -0.1) is 0 Å². The fourth-order valence-electron chi connectivity index (χ4n) is 3.04. The molecule has 1 aromatic heterocycles. The Morgan fingerprint density at radius 2 is 2.19 bits per heavy atom. The van der Waals surface area contributed by atoms with Crippen LogP contribution in [-0.2, 0) is 12.8 Å². The molecule has 1 unspecified atom stereocenters. The lowest BCUT2D eigenvalue weighted by Gasteiger charge is -2.13. The van der Waals surface area contributed by atoms with Gasteiger partial charge in [-0.1, -0.05) is 17.3 Å². The van der Waals surface area contributed by atoms with E-state index >= 15 is 0 Å². The van der Waals surface area contributed by atoms with E-state index in [4.69, 9.17) is 9.26 Å². The highest BCUT2D eigenvalue weighted by molar-refractivity contribution is 5.39. The van der Waals surface area contributed by atoms with Gasteiger partial charge in [-0.3, -0.25) is 0 Å². The molecule has 1 aliphatic heterocycles. The van der Waals surface area contributed by atoms with Crippen molar-refractivity contribution >= 4 is 0 Å². The number of hydrogen-bond acceptors (Lipinski definition) is 4. The van der Waals surface area contributed by atoms with Gasteiger partial charge in [0.25, 0.3) is 0 Å². The highest BCUT2D eigenvalue weighted by Crippen LogP contribution is 2.26. The number of rotatable bonds is 5. The van der Waals surface area contributed by atoms with Gasteiger partial charge >= 0.3 is 0 Å². The molecular weight excluding hydrogens is 264 g/mol. The summed E-state index contributed by atoms with van der Waals surface area (Å²) in [5.41, 5.74) is 4.85. The zero-order valence-corrected chi connectivity index (χ0v) is 12.9. The summed E-state index contributed by atoms with van der Waals surface area (Å²) in [6.07, 6.45) is 2.05. The predicted octanol–water partition coefficient (Wildman–Crippen LogP) is 3.12. The van der Waals surface area contributed by atoms with Crippen molar-refractivity contribution in [3.05, 3.63) is 46.3 Å². The zero-order chi connectivity index (χ0) is 14.8. The average molecular weight is 286 g/mol. The number of aromatic nitrogens is 1. The molecule has 4 heteroatoms. The van der Waals surface area contributed by atoms with Crippen LogP contribution in [0.25, 0.3) is 0 Å². The van der Waals surface area contributed by atoms with Crippen LogP contribution < -0.4 is 10.1 Å². The maximum atomic E-state index is 5.54. The lowest BCUT2D eigenvalue weighted by atomic mass is 10.0. The van der Waals surface area contributed by atoms with Crippen molar-refractivity contribution < 1.29 is 9.26 Å². The predicted molar refractivity (Wildman–Crippen MR) is 81.7 cm³/mol. The van der Waals surface area contributed by atoms with Crippen LogP contribution in [-0.4, -0.2) is 18.3 Å². The highest BCUT2D eigenvalue weighted by Gasteiger charge is 2.16. The molecule has 0 spiro atoms. The second-order valence-corrected chi connectivity index (χ2v) is 5.70. The van der Waals surface area contributed by atoms with Gasteiger partial charge in [0.05, 0.1) is 12.3 Å². The molecule has 0 bridgehead atoms. The first-order chi connectivity index (χ1) is 10.1. The quantitative estimate of drug-likeness (QED) is 0.917. The summed E-state index contributed by atoms with van der Waals surface area (Å²) in [7, 11) is 0. The summed E-state index contributed by atoms with van der Waals surface area (Å²) in [5.74, 6) is 1.96. The molecule has 0 saturated carbocycles. The van der Waals surface area contributed by atoms with Crippen LogP contribution >= 0.6 is 0 Å². The summed E-state index contributed by atoms with van der Waals surface area (Å²) >= 11 is 0. The molecule has 0 aliphatic carbocycles. The second kappa shape index (κ2) is 5.90. The number of aryl methyl sites for hydroxylation is 2. The van der Waals surface area contributed by atoms with Crippen LogP contribution in [0.4, 0.5) is 0 Å². The van der Waals surface area contributed by atoms with Crippen molar-refractivity contribution in [2.45, 2.75) is 39.7 Å². The molecule has 4 nitrogen and oxygen atoms in total. The lowest BCUT2D eigenvalue weighted by Crippen LogP contribution is -2.22. The Labute approximate surface area is 125 Å². The normalized spacial score (nSPS) is 14.8. The maximum Gasteiger partial charge on any atom is 0.138 e. The summed E-state index contributed by atoms with van der Waals surface area (Å²) in [5, 5.41) is 7.57. The van der Waals surface area contributed by atoms with Crippen molar-refractivity contribution in [2.24, 2.45) is 0 Å². The standard InChI is InChI=1S/C17H22N2O2/c1-11(17-12(2)19-21-13(17)3)18-8-6-14-4-5-16-15(10-14)7-9-20-16/h4-5,10-11,18H,6-9H2,1-3H3. The number of nitrogens with one attached hydrogen (secondary N) is 1. The van der Waals surface area contributed by atoms with E-state index in [1.54, 1.807) is 0 Å². The average Bonchev–Trinajstić information content (AvgIpc) is 3.05. The summed E-state index contributed by atoms with van der Waals surface area (Å²) < 4.78 is 10.8. The van der Waals surface area contributed by atoms with Gasteiger partial charge in [0, 0.05) is 18.0 Å². The van der Waals surface area contributed by atoms with E-state index in [0.29, 0.717) is 0 Å². The van der Waals surface area contributed by atoms with E-state index in [2.05, 4.69) is 35.6 Å². The first-order valence-electron chi connectivity index (χ1n) is 7.56. The first-order valence-corrected chi connectivity index (χ1v) is 7.56. The van der Waals surface area contributed by atoms with Gasteiger partial charge in [0.2, 0.25) is 0 Å². The molecule has 2 aromatic rings. The first kappa shape index (κ1) is 14.1. The molecule has 1 N–H and O–H groups in total. The largest absolute Gasteiger partial charge is 0.493 e. The van der Waals surface area contributed by atoms with Gasteiger partial charge in [-0.25, -0.2) is 0 Å². The zero-order valence-electron chi connectivity index (χ0n) is 12.9. The molecule has 1 atom stereocenters. The van der Waals surface area contributed by atoms with Crippen LogP contribution in [0.2, 0.25) is 0 Å². The Kier molecular flexibility index (Phi) is 3.97. The topological polar surface area (TPSA) is 47.3 Å². The Morgan fingerprint density at radius 1 is 1.33 bits per heavy atom. The van der Waals surface area contributed by atoms with Crippen molar-refractivity contribution in [2.75, 3.05) is 13.2 Å². The van der Waals surface area contributed by atoms with E-state index in [9.17, 15) is 0 Å². The molecule has 0 fully saturated rings. The molecule has 0 radical (unpaired) electrons. The van der Waals surface area contributed by atoms with Gasteiger partial charge < -0.3 is 14.6 Å². The van der Waals surface area contributed by atoms with Gasteiger partial charge in [-0.05, 0) is 50.9 Å². The highest BCUT2D eigenvalue weighted by atomic mass is 16.5. The number of fused-ring (bicyclic) bond motifs is 1. The van der Waals surface area contributed by atoms with Gasteiger partial charge in [0.15, 0.2) is 0 Å². The molecule has 2 heterocycles. The van der Waals surface area contributed by atoms with E-state index in [0.717, 1.165) is 43.2 Å². The van der Waals surface area contributed by atoms with Crippen LogP contribution in [0.15, 0.2) is 22.7 Å². The minimum absolute atomic E-state index is 0.258. The van der Waals surface area contributed by atoms with Crippen LogP contribution in [0.5, 0.6) is 5.75 Å².